The van der Waals surface area contributed by atoms with Crippen molar-refractivity contribution in [2.75, 3.05) is 24.3 Å². The van der Waals surface area contributed by atoms with E-state index < -0.39 is 12.0 Å². The molecule has 0 fully saturated rings. The second-order valence-corrected chi connectivity index (χ2v) is 8.02. The van der Waals surface area contributed by atoms with Gasteiger partial charge in [-0.05, 0) is 69.2 Å². The number of carbonyl (C=O) groups is 2. The Bertz CT molecular complexity index is 1080. The third kappa shape index (κ3) is 4.91. The number of thiocarbonyl (C=S) groups is 1. The number of esters is 1. The fraction of sp³-hybridized carbons (Fsp3) is 0.292. The molecule has 0 saturated heterocycles. The molecule has 1 aliphatic rings. The molecular weight excluding hydrogens is 424 g/mol. The van der Waals surface area contributed by atoms with E-state index in [1.807, 2.05) is 62.9 Å². The lowest BCUT2D eigenvalue weighted by Gasteiger charge is -2.36. The molecule has 3 rings (SSSR count). The molecule has 0 radical (unpaired) electrons. The highest BCUT2D eigenvalue weighted by molar-refractivity contribution is 7.80. The minimum atomic E-state index is -0.434. The number of nitrogens with one attached hydrogen (secondary N) is 3. The number of anilines is 2. The van der Waals surface area contributed by atoms with Gasteiger partial charge in [-0.15, -0.1) is 0 Å². The van der Waals surface area contributed by atoms with Gasteiger partial charge in [0, 0.05) is 23.6 Å². The molecule has 3 N–H and O–H groups in total. The molecule has 0 aromatic heterocycles. The third-order valence-corrected chi connectivity index (χ3v) is 5.79. The molecule has 0 spiro atoms. The number of hydrogen-bond acceptors (Lipinski definition) is 4. The maximum absolute atomic E-state index is 12.5. The number of aryl methyl sites for hydroxylation is 2. The van der Waals surface area contributed by atoms with Gasteiger partial charge in [-0.1, -0.05) is 29.8 Å². The van der Waals surface area contributed by atoms with E-state index in [1.165, 1.54) is 7.11 Å². The van der Waals surface area contributed by atoms with Crippen molar-refractivity contribution in [3.63, 3.8) is 0 Å². The van der Waals surface area contributed by atoms with Crippen LogP contribution in [0.25, 0.3) is 0 Å². The number of benzene rings is 2. The Morgan fingerprint density at radius 1 is 1.09 bits per heavy atom. The molecule has 1 atom stereocenters. The van der Waals surface area contributed by atoms with Crippen molar-refractivity contribution >= 4 is 40.7 Å². The van der Waals surface area contributed by atoms with E-state index in [4.69, 9.17) is 17.0 Å². The Kier molecular flexibility index (Phi) is 7.15. The first-order chi connectivity index (χ1) is 15.2. The predicted molar refractivity (Wildman–Crippen MR) is 131 cm³/mol. The smallest absolute Gasteiger partial charge is 0.337 e. The summed E-state index contributed by atoms with van der Waals surface area (Å²) >= 11 is 5.48. The highest BCUT2D eigenvalue weighted by atomic mass is 32.1. The molecule has 2 aromatic rings. The maximum atomic E-state index is 12.5. The Morgan fingerprint density at radius 2 is 1.78 bits per heavy atom. The first kappa shape index (κ1) is 23.3. The largest absolute Gasteiger partial charge is 0.466 e. The van der Waals surface area contributed by atoms with Crippen LogP contribution in [0.1, 0.15) is 36.6 Å². The predicted octanol–water partition coefficient (Wildman–Crippen LogP) is 4.65. The molecule has 7 nitrogen and oxygen atoms in total. The maximum Gasteiger partial charge on any atom is 0.337 e. The molecule has 0 aliphatic carbocycles. The monoisotopic (exact) mass is 452 g/mol. The summed E-state index contributed by atoms with van der Waals surface area (Å²) in [5.74, 6) is -0.406. The van der Waals surface area contributed by atoms with Crippen molar-refractivity contribution in [1.82, 2.24) is 10.2 Å². The Balaban J connectivity index is 1.78. The third-order valence-electron chi connectivity index (χ3n) is 5.45. The van der Waals surface area contributed by atoms with Crippen molar-refractivity contribution in [2.24, 2.45) is 0 Å². The van der Waals surface area contributed by atoms with E-state index in [0.717, 1.165) is 28.1 Å². The van der Waals surface area contributed by atoms with Crippen molar-refractivity contribution in [2.45, 2.75) is 33.7 Å². The zero-order valence-electron chi connectivity index (χ0n) is 18.9. The summed E-state index contributed by atoms with van der Waals surface area (Å²) < 4.78 is 5.02. The molecule has 1 aliphatic heterocycles. The van der Waals surface area contributed by atoms with Crippen molar-refractivity contribution in [3.05, 3.63) is 70.4 Å². The van der Waals surface area contributed by atoms with Gasteiger partial charge in [0.1, 0.15) is 0 Å². The number of allylic oxidation sites excluding steroid dienone is 1. The first-order valence-corrected chi connectivity index (χ1v) is 10.8. The van der Waals surface area contributed by atoms with Crippen LogP contribution in [0.2, 0.25) is 0 Å². The van der Waals surface area contributed by atoms with Gasteiger partial charge in [-0.25, -0.2) is 9.59 Å². The Labute approximate surface area is 193 Å². The number of methoxy groups -OCH3 is 1. The molecule has 0 bridgehead atoms. The Hall–Kier alpha value is -3.39. The molecule has 1 heterocycles. The van der Waals surface area contributed by atoms with Gasteiger partial charge in [0.05, 0.1) is 18.7 Å². The summed E-state index contributed by atoms with van der Waals surface area (Å²) in [5, 5.41) is 9.48. The van der Waals surface area contributed by atoms with E-state index in [0.29, 0.717) is 22.9 Å². The molecule has 2 aromatic carbocycles. The minimum Gasteiger partial charge on any atom is -0.466 e. The normalized spacial score (nSPS) is 15.8. The van der Waals surface area contributed by atoms with Gasteiger partial charge >= 0.3 is 12.0 Å². The summed E-state index contributed by atoms with van der Waals surface area (Å²) in [6, 6.07) is 12.4. The molecule has 168 valence electrons. The average molecular weight is 453 g/mol. The fourth-order valence-corrected chi connectivity index (χ4v) is 4.17. The lowest BCUT2D eigenvalue weighted by atomic mass is 9.95. The second-order valence-electron chi connectivity index (χ2n) is 7.64. The van der Waals surface area contributed by atoms with Crippen LogP contribution in [0.4, 0.5) is 16.2 Å². The topological polar surface area (TPSA) is 82.7 Å². The van der Waals surface area contributed by atoms with Crippen molar-refractivity contribution < 1.29 is 14.3 Å². The quantitative estimate of drug-likeness (QED) is 0.453. The number of urea groups is 1. The van der Waals surface area contributed by atoms with Crippen LogP contribution < -0.4 is 16.0 Å². The highest BCUT2D eigenvalue weighted by Crippen LogP contribution is 2.31. The SMILES string of the molecule is CCN1C(=S)NC(c2ccc(NC(=O)Nc3ccc(C)cc3C)cc2)C(C(=O)OC)=C1C. The number of carbonyl (C=O) groups excluding carboxylic acids is 2. The molecule has 32 heavy (non-hydrogen) atoms. The van der Waals surface area contributed by atoms with Gasteiger partial charge in [0.25, 0.3) is 0 Å². The average Bonchev–Trinajstić information content (AvgIpc) is 2.75. The number of rotatable bonds is 5. The number of amides is 2. The van der Waals surface area contributed by atoms with Crippen molar-refractivity contribution in [3.8, 4) is 0 Å². The first-order valence-electron chi connectivity index (χ1n) is 10.4. The molecule has 2 amide bonds. The van der Waals surface area contributed by atoms with Gasteiger partial charge < -0.3 is 25.6 Å². The molecule has 0 saturated carbocycles. The van der Waals surface area contributed by atoms with E-state index in [9.17, 15) is 9.59 Å². The summed E-state index contributed by atoms with van der Waals surface area (Å²) in [6.07, 6.45) is 0. The summed E-state index contributed by atoms with van der Waals surface area (Å²) in [7, 11) is 1.37. The van der Waals surface area contributed by atoms with Gasteiger partial charge in [-0.3, -0.25) is 0 Å². The number of ether oxygens (including phenoxy) is 1. The van der Waals surface area contributed by atoms with Gasteiger partial charge in [0.15, 0.2) is 5.11 Å². The van der Waals surface area contributed by atoms with Crippen LogP contribution in [-0.2, 0) is 9.53 Å². The van der Waals surface area contributed by atoms with E-state index >= 15 is 0 Å². The zero-order chi connectivity index (χ0) is 23.4. The fourth-order valence-electron chi connectivity index (χ4n) is 3.78. The van der Waals surface area contributed by atoms with E-state index in [2.05, 4.69) is 16.0 Å². The minimum absolute atomic E-state index is 0.328. The van der Waals surface area contributed by atoms with E-state index in [-0.39, 0.29) is 6.03 Å². The molecular formula is C24H28N4O3S. The number of hydrogen-bond donors (Lipinski definition) is 3. The lowest BCUT2D eigenvalue weighted by Crippen LogP contribution is -2.47. The zero-order valence-corrected chi connectivity index (χ0v) is 19.7. The van der Waals surface area contributed by atoms with Crippen LogP contribution >= 0.6 is 12.2 Å². The second kappa shape index (κ2) is 9.82. The van der Waals surface area contributed by atoms with Crippen LogP contribution in [-0.4, -0.2) is 35.7 Å². The van der Waals surface area contributed by atoms with Gasteiger partial charge in [-0.2, -0.15) is 0 Å². The van der Waals surface area contributed by atoms with Crippen molar-refractivity contribution in [1.29, 1.82) is 0 Å². The van der Waals surface area contributed by atoms with Gasteiger partial charge in [0.2, 0.25) is 0 Å². The Morgan fingerprint density at radius 3 is 2.38 bits per heavy atom. The van der Waals surface area contributed by atoms with E-state index in [1.54, 1.807) is 12.1 Å². The summed E-state index contributed by atoms with van der Waals surface area (Å²) in [5.41, 5.74) is 5.63. The summed E-state index contributed by atoms with van der Waals surface area (Å²) in [4.78, 5) is 26.8. The van der Waals surface area contributed by atoms with Crippen LogP contribution in [0.5, 0.6) is 0 Å². The molecule has 1 unspecified atom stereocenters. The van der Waals surface area contributed by atoms with Crippen LogP contribution in [0.15, 0.2) is 53.7 Å². The van der Waals surface area contributed by atoms with Crippen LogP contribution in [0, 0.1) is 13.8 Å². The highest BCUT2D eigenvalue weighted by Gasteiger charge is 2.33. The summed E-state index contributed by atoms with van der Waals surface area (Å²) in [6.45, 7) is 8.43. The molecule has 8 heteroatoms. The number of nitrogens with zero attached hydrogens (tertiary/aromatic N) is 1. The lowest BCUT2D eigenvalue weighted by molar-refractivity contribution is -0.136. The van der Waals surface area contributed by atoms with Crippen LogP contribution in [0.3, 0.4) is 0 Å². The standard InChI is InChI=1S/C24H28N4O3S/c1-6-28-16(4)20(22(29)31-5)21(27-24(28)32)17-8-10-18(11-9-17)25-23(30)26-19-12-7-14(2)13-15(19)3/h7-13,21H,6H2,1-5H3,(H,27,32)(H2,25,26,30).